The topological polar surface area (TPSA) is 29.1 Å². The van der Waals surface area contributed by atoms with Crippen LogP contribution in [0.3, 0.4) is 0 Å². The van der Waals surface area contributed by atoms with Crippen molar-refractivity contribution in [2.24, 2.45) is 0 Å². The summed E-state index contributed by atoms with van der Waals surface area (Å²) in [5.74, 6) is -1.91. The van der Waals surface area contributed by atoms with Gasteiger partial charge in [0.05, 0.1) is 0 Å². The molecule has 1 unspecified atom stereocenters. The molecule has 1 atom stereocenters. The Morgan fingerprint density at radius 1 is 1.58 bits per heavy atom. The smallest absolute Gasteiger partial charge is 0.346 e. The molecule has 0 aromatic rings. The molecule has 2 nitrogen and oxygen atoms in total. The minimum Gasteiger partial charge on any atom is -0.346 e. The SMILES string of the molecule is [CH]CCC(C)NC(=O)C(F)(F)F. The summed E-state index contributed by atoms with van der Waals surface area (Å²) in [6.07, 6.45) is -4.22. The van der Waals surface area contributed by atoms with Crippen LogP contribution in [0, 0.1) is 6.92 Å². The normalized spacial score (nSPS) is 14.1. The molecule has 0 heterocycles. The molecule has 0 bridgehead atoms. The number of carbonyl (C=O) groups excluding carboxylic acids is 1. The molecule has 0 aromatic carbocycles. The fraction of sp³-hybridized carbons (Fsp3) is 0.714. The van der Waals surface area contributed by atoms with Crippen molar-refractivity contribution in [3.05, 3.63) is 6.92 Å². The first-order chi connectivity index (χ1) is 5.38. The minimum absolute atomic E-state index is 0.249. The van der Waals surface area contributed by atoms with Crippen LogP contribution in [0.1, 0.15) is 19.8 Å². The van der Waals surface area contributed by atoms with Gasteiger partial charge in [-0.25, -0.2) is 0 Å². The number of hydrogen-bond donors (Lipinski definition) is 1. The first kappa shape index (κ1) is 11.3. The van der Waals surface area contributed by atoms with E-state index in [9.17, 15) is 18.0 Å². The maximum absolute atomic E-state index is 11.6. The summed E-state index contributed by atoms with van der Waals surface area (Å²) in [4.78, 5) is 10.3. The van der Waals surface area contributed by atoms with Crippen molar-refractivity contribution in [2.75, 3.05) is 0 Å². The van der Waals surface area contributed by atoms with E-state index in [0.29, 0.717) is 6.42 Å². The Morgan fingerprint density at radius 3 is 2.42 bits per heavy atom. The summed E-state index contributed by atoms with van der Waals surface area (Å²) in [7, 11) is 0. The second-order valence-electron chi connectivity index (χ2n) is 2.45. The molecule has 5 heteroatoms. The van der Waals surface area contributed by atoms with Gasteiger partial charge in [0.25, 0.3) is 0 Å². The molecule has 0 aromatic heterocycles. The van der Waals surface area contributed by atoms with Gasteiger partial charge < -0.3 is 5.32 Å². The fourth-order valence-electron chi connectivity index (χ4n) is 0.628. The highest BCUT2D eigenvalue weighted by Crippen LogP contribution is 2.14. The van der Waals surface area contributed by atoms with Crippen molar-refractivity contribution in [3.8, 4) is 0 Å². The number of halogens is 3. The third-order valence-corrected chi connectivity index (χ3v) is 1.23. The van der Waals surface area contributed by atoms with E-state index in [4.69, 9.17) is 6.92 Å². The van der Waals surface area contributed by atoms with E-state index >= 15 is 0 Å². The number of nitrogens with one attached hydrogen (secondary N) is 1. The van der Waals surface area contributed by atoms with Crippen LogP contribution in [0.15, 0.2) is 0 Å². The molecule has 0 spiro atoms. The minimum atomic E-state index is -4.80. The monoisotopic (exact) mass is 181 g/mol. The molecule has 0 fully saturated rings. The van der Waals surface area contributed by atoms with E-state index in [1.807, 2.05) is 0 Å². The zero-order valence-corrected chi connectivity index (χ0v) is 6.61. The third-order valence-electron chi connectivity index (χ3n) is 1.23. The van der Waals surface area contributed by atoms with Gasteiger partial charge in [0.1, 0.15) is 0 Å². The lowest BCUT2D eigenvalue weighted by Gasteiger charge is -2.13. The Balaban J connectivity index is 3.85. The molecule has 0 rings (SSSR count). The fourth-order valence-corrected chi connectivity index (χ4v) is 0.628. The van der Waals surface area contributed by atoms with Crippen LogP contribution >= 0.6 is 0 Å². The van der Waals surface area contributed by atoms with E-state index in [1.54, 1.807) is 5.32 Å². The summed E-state index contributed by atoms with van der Waals surface area (Å²) in [6, 6.07) is -0.538. The Labute approximate surface area is 69.1 Å². The van der Waals surface area contributed by atoms with Crippen LogP contribution in [-0.2, 0) is 4.79 Å². The summed E-state index contributed by atoms with van der Waals surface area (Å²) in [5.41, 5.74) is 0. The first-order valence-electron chi connectivity index (χ1n) is 3.45. The van der Waals surface area contributed by atoms with Gasteiger partial charge in [0, 0.05) is 6.04 Å². The first-order valence-corrected chi connectivity index (χ1v) is 3.45. The summed E-state index contributed by atoms with van der Waals surface area (Å²) >= 11 is 0. The van der Waals surface area contributed by atoms with E-state index in [-0.39, 0.29) is 6.42 Å². The van der Waals surface area contributed by atoms with Gasteiger partial charge in [-0.2, -0.15) is 13.2 Å². The Hall–Kier alpha value is -0.740. The number of amides is 1. The van der Waals surface area contributed by atoms with Gasteiger partial charge in [-0.1, -0.05) is 0 Å². The van der Waals surface area contributed by atoms with Gasteiger partial charge in [-0.3, -0.25) is 4.79 Å². The highest BCUT2D eigenvalue weighted by molar-refractivity contribution is 5.81. The number of carbonyl (C=O) groups is 1. The number of alkyl halides is 3. The summed E-state index contributed by atoms with van der Waals surface area (Å²) < 4.78 is 34.8. The molecular formula is C7H10F3NO. The van der Waals surface area contributed by atoms with Gasteiger partial charge in [0.15, 0.2) is 0 Å². The van der Waals surface area contributed by atoms with Crippen molar-refractivity contribution in [1.29, 1.82) is 0 Å². The molecule has 1 N–H and O–H groups in total. The molecule has 12 heavy (non-hydrogen) atoms. The molecule has 70 valence electrons. The van der Waals surface area contributed by atoms with Crippen molar-refractivity contribution < 1.29 is 18.0 Å². The van der Waals surface area contributed by atoms with Gasteiger partial charge in [-0.15, -0.1) is 0 Å². The van der Waals surface area contributed by atoms with Crippen molar-refractivity contribution in [2.45, 2.75) is 32.0 Å². The van der Waals surface area contributed by atoms with Crippen LogP contribution in [0.4, 0.5) is 13.2 Å². The molecular weight excluding hydrogens is 171 g/mol. The van der Waals surface area contributed by atoms with E-state index in [0.717, 1.165) is 0 Å². The van der Waals surface area contributed by atoms with E-state index < -0.39 is 18.1 Å². The zero-order chi connectivity index (χ0) is 9.78. The molecule has 0 aliphatic heterocycles. The molecule has 2 radical (unpaired) electrons. The van der Waals surface area contributed by atoms with Crippen molar-refractivity contribution >= 4 is 5.91 Å². The molecule has 0 saturated heterocycles. The van der Waals surface area contributed by atoms with Crippen LogP contribution in [0.5, 0.6) is 0 Å². The third kappa shape index (κ3) is 4.20. The average Bonchev–Trinajstić information content (AvgIpc) is 1.85. The largest absolute Gasteiger partial charge is 0.471 e. The Kier molecular flexibility index (Phi) is 4.06. The maximum atomic E-state index is 11.6. The van der Waals surface area contributed by atoms with Crippen LogP contribution in [0.25, 0.3) is 0 Å². The van der Waals surface area contributed by atoms with Gasteiger partial charge in [-0.05, 0) is 26.7 Å². The second kappa shape index (κ2) is 4.33. The van der Waals surface area contributed by atoms with Crippen LogP contribution in [0.2, 0.25) is 0 Å². The van der Waals surface area contributed by atoms with Crippen molar-refractivity contribution in [1.82, 2.24) is 5.32 Å². The lowest BCUT2D eigenvalue weighted by Crippen LogP contribution is -2.41. The average molecular weight is 181 g/mol. The number of hydrogen-bond acceptors (Lipinski definition) is 1. The standard InChI is InChI=1S/C7H10F3NO/c1-3-4-5(2)11-6(12)7(8,9)10/h1,5H,3-4H2,2H3,(H,11,12). The predicted octanol–water partition coefficient (Wildman–Crippen LogP) is 1.54. The lowest BCUT2D eigenvalue weighted by molar-refractivity contribution is -0.174. The molecule has 0 aliphatic carbocycles. The van der Waals surface area contributed by atoms with Crippen molar-refractivity contribution in [3.63, 3.8) is 0 Å². The lowest BCUT2D eigenvalue weighted by atomic mass is 10.2. The Bertz CT molecular complexity index is 155. The summed E-state index contributed by atoms with van der Waals surface area (Å²) in [6.45, 7) is 6.55. The van der Waals surface area contributed by atoms with Crippen LogP contribution in [-0.4, -0.2) is 18.1 Å². The molecule has 1 amide bonds. The second-order valence-corrected chi connectivity index (χ2v) is 2.45. The molecule has 0 aliphatic rings. The quantitative estimate of drug-likeness (QED) is 0.703. The zero-order valence-electron chi connectivity index (χ0n) is 6.61. The van der Waals surface area contributed by atoms with Gasteiger partial charge >= 0.3 is 12.1 Å². The van der Waals surface area contributed by atoms with Gasteiger partial charge in [0.2, 0.25) is 0 Å². The highest BCUT2D eigenvalue weighted by atomic mass is 19.4. The maximum Gasteiger partial charge on any atom is 0.471 e. The number of rotatable bonds is 3. The predicted molar refractivity (Wildman–Crippen MR) is 37.2 cm³/mol. The Morgan fingerprint density at radius 2 is 2.08 bits per heavy atom. The van der Waals surface area contributed by atoms with E-state index in [1.165, 1.54) is 6.92 Å². The van der Waals surface area contributed by atoms with E-state index in [2.05, 4.69) is 0 Å². The highest BCUT2D eigenvalue weighted by Gasteiger charge is 2.38. The summed E-state index contributed by atoms with van der Waals surface area (Å²) in [5, 5.41) is 1.78. The van der Waals surface area contributed by atoms with Crippen LogP contribution < -0.4 is 5.32 Å². The molecule has 0 saturated carbocycles.